The van der Waals surface area contributed by atoms with E-state index in [0.717, 1.165) is 35.7 Å². The number of hydrogen-bond donors (Lipinski definition) is 1. The molecule has 2 atom stereocenters. The third-order valence-corrected chi connectivity index (χ3v) is 4.56. The van der Waals surface area contributed by atoms with Crippen LogP contribution < -0.4 is 14.8 Å². The van der Waals surface area contributed by atoms with Crippen LogP contribution in [0.4, 0.5) is 0 Å². The number of hydrogen-bond acceptors (Lipinski definition) is 5. The lowest BCUT2D eigenvalue weighted by Gasteiger charge is -2.39. The third-order valence-electron chi connectivity index (χ3n) is 3.97. The molecule has 2 aliphatic heterocycles. The Labute approximate surface area is 133 Å². The van der Waals surface area contributed by atoms with Crippen LogP contribution in [0.15, 0.2) is 16.6 Å². The number of rotatable bonds is 3. The highest BCUT2D eigenvalue weighted by Crippen LogP contribution is 2.41. The molecule has 2 aliphatic rings. The molecule has 0 amide bonds. The van der Waals surface area contributed by atoms with E-state index in [1.807, 2.05) is 7.05 Å². The van der Waals surface area contributed by atoms with Crippen molar-refractivity contribution in [2.45, 2.75) is 12.1 Å². The van der Waals surface area contributed by atoms with Gasteiger partial charge in [-0.05, 0) is 47.7 Å². The zero-order valence-electron chi connectivity index (χ0n) is 12.4. The summed E-state index contributed by atoms with van der Waals surface area (Å²) in [4.78, 5) is 2.34. The number of morpholine rings is 1. The van der Waals surface area contributed by atoms with Gasteiger partial charge in [0, 0.05) is 13.1 Å². The zero-order valence-corrected chi connectivity index (χ0v) is 14.0. The molecule has 1 saturated heterocycles. The molecule has 3 rings (SSSR count). The Balaban J connectivity index is 1.95. The van der Waals surface area contributed by atoms with Crippen molar-refractivity contribution in [3.8, 4) is 11.5 Å². The lowest BCUT2D eigenvalue weighted by molar-refractivity contribution is -0.0607. The minimum atomic E-state index is 0.128. The first-order chi connectivity index (χ1) is 10.2. The number of benzene rings is 1. The van der Waals surface area contributed by atoms with Crippen LogP contribution >= 0.6 is 15.9 Å². The fourth-order valence-electron chi connectivity index (χ4n) is 3.00. The SMILES string of the molecule is CNCC1OCCN(C)C1c1cc(Br)c2c(c1)OCCO2. The summed E-state index contributed by atoms with van der Waals surface area (Å²) in [5.74, 6) is 1.61. The van der Waals surface area contributed by atoms with Gasteiger partial charge in [-0.3, -0.25) is 4.90 Å². The Kier molecular flexibility index (Phi) is 4.69. The van der Waals surface area contributed by atoms with E-state index in [2.05, 4.69) is 45.3 Å². The van der Waals surface area contributed by atoms with E-state index in [9.17, 15) is 0 Å². The van der Waals surface area contributed by atoms with Crippen molar-refractivity contribution in [1.29, 1.82) is 0 Å². The van der Waals surface area contributed by atoms with Crippen molar-refractivity contribution >= 4 is 15.9 Å². The summed E-state index contributed by atoms with van der Waals surface area (Å²) in [6, 6.07) is 4.40. The van der Waals surface area contributed by atoms with E-state index < -0.39 is 0 Å². The normalized spacial score (nSPS) is 25.9. The average Bonchev–Trinajstić information content (AvgIpc) is 2.48. The standard InChI is InChI=1S/C15H21BrN2O3/c1-17-9-13-14(18(2)3-4-19-13)10-7-11(16)15-12(8-10)20-5-6-21-15/h7-8,13-14,17H,3-6,9H2,1-2H3. The van der Waals surface area contributed by atoms with E-state index in [-0.39, 0.29) is 12.1 Å². The summed E-state index contributed by atoms with van der Waals surface area (Å²) in [7, 11) is 4.09. The van der Waals surface area contributed by atoms with E-state index in [4.69, 9.17) is 14.2 Å². The highest BCUT2D eigenvalue weighted by Gasteiger charge is 2.32. The lowest BCUT2D eigenvalue weighted by Crippen LogP contribution is -2.47. The topological polar surface area (TPSA) is 43.0 Å². The maximum atomic E-state index is 5.95. The monoisotopic (exact) mass is 356 g/mol. The van der Waals surface area contributed by atoms with E-state index in [1.165, 1.54) is 5.56 Å². The maximum Gasteiger partial charge on any atom is 0.175 e. The number of fused-ring (bicyclic) bond motifs is 1. The predicted molar refractivity (Wildman–Crippen MR) is 84.2 cm³/mol. The van der Waals surface area contributed by atoms with Crippen molar-refractivity contribution in [3.05, 3.63) is 22.2 Å². The maximum absolute atomic E-state index is 5.95. The minimum Gasteiger partial charge on any atom is -0.486 e. The van der Waals surface area contributed by atoms with Crippen LogP contribution in [0.5, 0.6) is 11.5 Å². The number of ether oxygens (including phenoxy) is 3. The summed E-state index contributed by atoms with van der Waals surface area (Å²) < 4.78 is 18.3. The number of halogens is 1. The van der Waals surface area contributed by atoms with Crippen LogP contribution in [-0.4, -0.2) is 58.0 Å². The van der Waals surface area contributed by atoms with Gasteiger partial charge in [0.05, 0.1) is 23.2 Å². The molecule has 0 aromatic heterocycles. The van der Waals surface area contributed by atoms with Crippen molar-refractivity contribution in [3.63, 3.8) is 0 Å². The van der Waals surface area contributed by atoms with Crippen LogP contribution in [-0.2, 0) is 4.74 Å². The largest absolute Gasteiger partial charge is 0.486 e. The van der Waals surface area contributed by atoms with Crippen molar-refractivity contribution in [1.82, 2.24) is 10.2 Å². The van der Waals surface area contributed by atoms with Gasteiger partial charge in [-0.15, -0.1) is 0 Å². The van der Waals surface area contributed by atoms with Gasteiger partial charge in [-0.1, -0.05) is 0 Å². The molecule has 116 valence electrons. The Morgan fingerprint density at radius 1 is 1.29 bits per heavy atom. The number of likely N-dealkylation sites (N-methyl/N-ethyl adjacent to an activating group) is 2. The van der Waals surface area contributed by atoms with E-state index >= 15 is 0 Å². The van der Waals surface area contributed by atoms with Crippen LogP contribution in [0.2, 0.25) is 0 Å². The van der Waals surface area contributed by atoms with Crippen LogP contribution in [0.25, 0.3) is 0 Å². The minimum absolute atomic E-state index is 0.128. The molecule has 0 radical (unpaired) electrons. The lowest BCUT2D eigenvalue weighted by atomic mass is 9.97. The molecule has 6 heteroatoms. The predicted octanol–water partition coefficient (Wildman–Crippen LogP) is 1.81. The number of nitrogens with zero attached hydrogens (tertiary/aromatic N) is 1. The van der Waals surface area contributed by atoms with Gasteiger partial charge >= 0.3 is 0 Å². The zero-order chi connectivity index (χ0) is 14.8. The molecule has 1 aromatic rings. The summed E-state index contributed by atoms with van der Waals surface area (Å²) in [5.41, 5.74) is 1.19. The summed E-state index contributed by atoms with van der Waals surface area (Å²) >= 11 is 3.60. The fourth-order valence-corrected chi connectivity index (χ4v) is 3.58. The van der Waals surface area contributed by atoms with Crippen molar-refractivity contribution in [2.24, 2.45) is 0 Å². The second-order valence-electron chi connectivity index (χ2n) is 5.42. The molecule has 1 aromatic carbocycles. The first kappa shape index (κ1) is 15.1. The highest BCUT2D eigenvalue weighted by atomic mass is 79.9. The quantitative estimate of drug-likeness (QED) is 0.894. The summed E-state index contributed by atoms with van der Waals surface area (Å²) in [5, 5.41) is 3.22. The molecule has 0 saturated carbocycles. The van der Waals surface area contributed by atoms with E-state index in [1.54, 1.807) is 0 Å². The first-order valence-electron chi connectivity index (χ1n) is 7.26. The molecular weight excluding hydrogens is 336 g/mol. The molecule has 0 aliphatic carbocycles. The second kappa shape index (κ2) is 6.52. The average molecular weight is 357 g/mol. The Morgan fingerprint density at radius 3 is 2.90 bits per heavy atom. The molecular formula is C15H21BrN2O3. The van der Waals surface area contributed by atoms with E-state index in [0.29, 0.717) is 13.2 Å². The van der Waals surface area contributed by atoms with Gasteiger partial charge in [0.2, 0.25) is 0 Å². The van der Waals surface area contributed by atoms with Gasteiger partial charge in [0.15, 0.2) is 11.5 Å². The molecule has 5 nitrogen and oxygen atoms in total. The van der Waals surface area contributed by atoms with Crippen molar-refractivity contribution < 1.29 is 14.2 Å². The number of nitrogens with one attached hydrogen (secondary N) is 1. The van der Waals surface area contributed by atoms with Crippen LogP contribution in [0.1, 0.15) is 11.6 Å². The molecule has 1 N–H and O–H groups in total. The van der Waals surface area contributed by atoms with Crippen LogP contribution in [0, 0.1) is 0 Å². The summed E-state index contributed by atoms with van der Waals surface area (Å²) in [6.07, 6.45) is 0.128. The van der Waals surface area contributed by atoms with Gasteiger partial charge in [0.25, 0.3) is 0 Å². The summed E-state index contributed by atoms with van der Waals surface area (Å²) in [6.45, 7) is 3.71. The Hall–Kier alpha value is -0.820. The molecule has 2 heterocycles. The smallest absolute Gasteiger partial charge is 0.175 e. The second-order valence-corrected chi connectivity index (χ2v) is 6.27. The molecule has 0 spiro atoms. The first-order valence-corrected chi connectivity index (χ1v) is 8.05. The van der Waals surface area contributed by atoms with Gasteiger partial charge in [0.1, 0.15) is 13.2 Å². The molecule has 0 bridgehead atoms. The van der Waals surface area contributed by atoms with Gasteiger partial charge in [-0.25, -0.2) is 0 Å². The highest BCUT2D eigenvalue weighted by molar-refractivity contribution is 9.10. The third kappa shape index (κ3) is 3.04. The molecule has 1 fully saturated rings. The Morgan fingerprint density at radius 2 is 2.10 bits per heavy atom. The molecule has 2 unspecified atom stereocenters. The van der Waals surface area contributed by atoms with Gasteiger partial charge in [-0.2, -0.15) is 0 Å². The fraction of sp³-hybridized carbons (Fsp3) is 0.600. The Bertz CT molecular complexity index is 510. The molecule has 21 heavy (non-hydrogen) atoms. The van der Waals surface area contributed by atoms with Crippen molar-refractivity contribution in [2.75, 3.05) is 47.0 Å². The van der Waals surface area contributed by atoms with Gasteiger partial charge < -0.3 is 19.5 Å². The van der Waals surface area contributed by atoms with Crippen LogP contribution in [0.3, 0.4) is 0 Å².